The van der Waals surface area contributed by atoms with Gasteiger partial charge < -0.3 is 9.84 Å². The predicted octanol–water partition coefficient (Wildman–Crippen LogP) is 4.84. The van der Waals surface area contributed by atoms with E-state index in [0.29, 0.717) is 12.2 Å². The summed E-state index contributed by atoms with van der Waals surface area (Å²) in [6.45, 7) is 6.57. The van der Waals surface area contributed by atoms with Crippen LogP contribution < -0.4 is 4.74 Å². The summed E-state index contributed by atoms with van der Waals surface area (Å²) < 4.78 is 6.90. The van der Waals surface area contributed by atoms with E-state index in [1.807, 2.05) is 30.4 Å². The highest BCUT2D eigenvalue weighted by Crippen LogP contribution is 2.37. The van der Waals surface area contributed by atoms with Crippen molar-refractivity contribution in [3.8, 4) is 5.75 Å². The molecule has 0 radical (unpaired) electrons. The summed E-state index contributed by atoms with van der Waals surface area (Å²) in [5, 5.41) is 8.78. The van der Waals surface area contributed by atoms with Crippen LogP contribution in [0.2, 0.25) is 0 Å². The molecule has 0 saturated carbocycles. The van der Waals surface area contributed by atoms with Crippen molar-refractivity contribution < 1.29 is 14.6 Å². The molecule has 1 N–H and O–H groups in total. The minimum atomic E-state index is -0.936. The van der Waals surface area contributed by atoms with Crippen molar-refractivity contribution in [1.82, 2.24) is 0 Å². The van der Waals surface area contributed by atoms with Gasteiger partial charge in [0, 0.05) is 21.5 Å². The number of aliphatic carboxylic acids is 1. The summed E-state index contributed by atoms with van der Waals surface area (Å²) in [5.41, 5.74) is 2.65. The minimum absolute atomic E-state index is 0.161. The largest absolute Gasteiger partial charge is 0.492 e. The van der Waals surface area contributed by atoms with Crippen LogP contribution in [0.25, 0.3) is 6.08 Å². The average Bonchev–Trinajstić information content (AvgIpc) is 2.52. The van der Waals surface area contributed by atoms with E-state index in [1.165, 1.54) is 6.08 Å². The molecule has 0 bridgehead atoms. The fourth-order valence-corrected chi connectivity index (χ4v) is 2.58. The van der Waals surface area contributed by atoms with Crippen LogP contribution in [0.15, 0.2) is 52.0 Å². The topological polar surface area (TPSA) is 46.5 Å². The molecule has 0 aromatic heterocycles. The maximum Gasteiger partial charge on any atom is 0.328 e. The molecule has 0 unspecified atom stereocenters. The second kappa shape index (κ2) is 6.53. The third-order valence-electron chi connectivity index (χ3n) is 3.53. The number of carboxylic acids is 1. The molecule has 0 amide bonds. The monoisotopic (exact) mass is 362 g/mol. The van der Waals surface area contributed by atoms with Gasteiger partial charge in [0.2, 0.25) is 0 Å². The summed E-state index contributed by atoms with van der Waals surface area (Å²) in [5.74, 6) is -0.0775. The Hall–Kier alpha value is -1.81. The van der Waals surface area contributed by atoms with Gasteiger partial charge in [-0.3, -0.25) is 0 Å². The Morgan fingerprint density at radius 3 is 2.82 bits per heavy atom. The van der Waals surface area contributed by atoms with Crippen LogP contribution in [0.1, 0.15) is 26.3 Å². The summed E-state index contributed by atoms with van der Waals surface area (Å²) in [7, 11) is 0. The molecule has 0 spiro atoms. The second-order valence-electron chi connectivity index (χ2n) is 6.01. The van der Waals surface area contributed by atoms with E-state index in [9.17, 15) is 4.79 Å². The number of allylic oxidation sites excluding steroid dienone is 3. The SMILES string of the molecule is CC(/C=C/C1=Cc2cc(Br)ccc2OCC1(C)C)=C\C(=O)O. The van der Waals surface area contributed by atoms with Crippen molar-refractivity contribution in [3.05, 3.63) is 57.6 Å². The van der Waals surface area contributed by atoms with Crippen molar-refractivity contribution in [3.63, 3.8) is 0 Å². The number of halogens is 1. The molecule has 1 aliphatic heterocycles. The summed E-state index contributed by atoms with van der Waals surface area (Å²) in [6.07, 6.45) is 7.08. The molecule has 1 aromatic rings. The maximum absolute atomic E-state index is 10.7. The molecule has 1 aromatic carbocycles. The highest BCUT2D eigenvalue weighted by Gasteiger charge is 2.26. The van der Waals surface area contributed by atoms with Crippen LogP contribution in [-0.4, -0.2) is 17.7 Å². The van der Waals surface area contributed by atoms with Crippen molar-refractivity contribution >= 4 is 28.0 Å². The highest BCUT2D eigenvalue weighted by atomic mass is 79.9. The number of fused-ring (bicyclic) bond motifs is 1. The Balaban J connectivity index is 2.41. The average molecular weight is 363 g/mol. The molecule has 0 saturated heterocycles. The third-order valence-corrected chi connectivity index (χ3v) is 4.02. The van der Waals surface area contributed by atoms with Crippen molar-refractivity contribution in [2.24, 2.45) is 5.41 Å². The van der Waals surface area contributed by atoms with Gasteiger partial charge in [-0.15, -0.1) is 0 Å². The van der Waals surface area contributed by atoms with E-state index in [-0.39, 0.29) is 5.41 Å². The van der Waals surface area contributed by atoms with Gasteiger partial charge in [0.05, 0.1) is 6.61 Å². The van der Waals surface area contributed by atoms with E-state index in [4.69, 9.17) is 9.84 Å². The smallest absolute Gasteiger partial charge is 0.328 e. The molecule has 1 heterocycles. The maximum atomic E-state index is 10.7. The first-order valence-corrected chi connectivity index (χ1v) is 7.81. The molecular weight excluding hydrogens is 344 g/mol. The fourth-order valence-electron chi connectivity index (χ4n) is 2.21. The van der Waals surface area contributed by atoms with Crippen molar-refractivity contribution in [1.29, 1.82) is 0 Å². The molecule has 1 aliphatic rings. The molecule has 4 heteroatoms. The van der Waals surface area contributed by atoms with Gasteiger partial charge in [0.25, 0.3) is 0 Å². The van der Waals surface area contributed by atoms with Crippen molar-refractivity contribution in [2.45, 2.75) is 20.8 Å². The Morgan fingerprint density at radius 2 is 2.14 bits per heavy atom. The fraction of sp³-hybridized carbons (Fsp3) is 0.278. The molecule has 0 aliphatic carbocycles. The lowest BCUT2D eigenvalue weighted by Crippen LogP contribution is -2.21. The first kappa shape index (κ1) is 16.6. The highest BCUT2D eigenvalue weighted by molar-refractivity contribution is 9.10. The van der Waals surface area contributed by atoms with Gasteiger partial charge in [0.15, 0.2) is 0 Å². The molecule has 2 rings (SSSR count). The van der Waals surface area contributed by atoms with Gasteiger partial charge in [-0.1, -0.05) is 41.9 Å². The van der Waals surface area contributed by atoms with Crippen LogP contribution in [0.5, 0.6) is 5.75 Å². The Kier molecular flexibility index (Phi) is 4.91. The zero-order valence-corrected chi connectivity index (χ0v) is 14.5. The van der Waals surface area contributed by atoms with E-state index in [0.717, 1.165) is 21.4 Å². The standard InChI is InChI=1S/C18H19BrO3/c1-12(8-17(20)21)4-5-14-9-13-10-15(19)6-7-16(13)22-11-18(14,2)3/h4-10H,11H2,1-3H3,(H,20,21)/b5-4+,12-8+. The quantitative estimate of drug-likeness (QED) is 0.618. The van der Waals surface area contributed by atoms with E-state index in [1.54, 1.807) is 6.92 Å². The first-order chi connectivity index (χ1) is 10.3. The summed E-state index contributed by atoms with van der Waals surface area (Å²) in [4.78, 5) is 10.7. The number of hydrogen-bond donors (Lipinski definition) is 1. The van der Waals surface area contributed by atoms with E-state index < -0.39 is 5.97 Å². The lowest BCUT2D eigenvalue weighted by Gasteiger charge is -2.24. The van der Waals surface area contributed by atoms with Gasteiger partial charge in [-0.05, 0) is 42.3 Å². The Labute approximate surface area is 139 Å². The molecule has 116 valence electrons. The van der Waals surface area contributed by atoms with E-state index >= 15 is 0 Å². The normalized spacial score (nSPS) is 17.5. The van der Waals surface area contributed by atoms with Crippen LogP contribution in [0.4, 0.5) is 0 Å². The zero-order chi connectivity index (χ0) is 16.3. The van der Waals surface area contributed by atoms with Gasteiger partial charge in [-0.2, -0.15) is 0 Å². The van der Waals surface area contributed by atoms with Crippen LogP contribution in [0, 0.1) is 5.41 Å². The Bertz CT molecular complexity index is 682. The lowest BCUT2D eigenvalue weighted by molar-refractivity contribution is -0.131. The van der Waals surface area contributed by atoms with E-state index in [2.05, 4.69) is 35.9 Å². The third kappa shape index (κ3) is 4.10. The number of benzene rings is 1. The second-order valence-corrected chi connectivity index (χ2v) is 6.93. The molecule has 22 heavy (non-hydrogen) atoms. The van der Waals surface area contributed by atoms with Crippen LogP contribution in [-0.2, 0) is 4.79 Å². The van der Waals surface area contributed by atoms with Gasteiger partial charge >= 0.3 is 5.97 Å². The Morgan fingerprint density at radius 1 is 1.41 bits per heavy atom. The van der Waals surface area contributed by atoms with Crippen LogP contribution in [0.3, 0.4) is 0 Å². The molecule has 3 nitrogen and oxygen atoms in total. The minimum Gasteiger partial charge on any atom is -0.492 e. The summed E-state index contributed by atoms with van der Waals surface area (Å²) >= 11 is 3.48. The number of rotatable bonds is 3. The number of carbonyl (C=O) groups is 1. The van der Waals surface area contributed by atoms with Crippen LogP contribution >= 0.6 is 15.9 Å². The van der Waals surface area contributed by atoms with Gasteiger partial charge in [0.1, 0.15) is 5.75 Å². The molecular formula is C18H19BrO3. The van der Waals surface area contributed by atoms with Crippen molar-refractivity contribution in [2.75, 3.05) is 6.61 Å². The first-order valence-electron chi connectivity index (χ1n) is 7.02. The predicted molar refractivity (Wildman–Crippen MR) is 91.9 cm³/mol. The molecule has 0 atom stereocenters. The number of carboxylic acid groups (broad SMARTS) is 1. The number of hydrogen-bond acceptors (Lipinski definition) is 2. The lowest BCUT2D eigenvalue weighted by atomic mass is 9.84. The zero-order valence-electron chi connectivity index (χ0n) is 12.9. The molecule has 0 fully saturated rings. The van der Waals surface area contributed by atoms with Gasteiger partial charge in [-0.25, -0.2) is 4.79 Å². The summed E-state index contributed by atoms with van der Waals surface area (Å²) in [6, 6.07) is 5.93. The number of ether oxygens (including phenoxy) is 1.